The van der Waals surface area contributed by atoms with Gasteiger partial charge in [-0.1, -0.05) is 5.92 Å². The van der Waals surface area contributed by atoms with Gasteiger partial charge in [0.1, 0.15) is 6.10 Å². The minimum absolute atomic E-state index is 0.178. The molecular formula is C11H22N2O3. The maximum atomic E-state index is 9.22. The minimum atomic E-state index is -0.740. The van der Waals surface area contributed by atoms with Crippen LogP contribution in [0.1, 0.15) is 13.3 Å². The summed E-state index contributed by atoms with van der Waals surface area (Å²) in [5.41, 5.74) is 11.0. The first-order valence-corrected chi connectivity index (χ1v) is 5.42. The molecule has 5 heteroatoms. The quantitative estimate of drug-likeness (QED) is 0.352. The number of nitrogens with two attached hydrogens (primary N) is 2. The van der Waals surface area contributed by atoms with Gasteiger partial charge in [0.05, 0.1) is 25.9 Å². The Balaban J connectivity index is 3.35. The van der Waals surface area contributed by atoms with E-state index in [2.05, 4.69) is 11.8 Å². The Bertz CT molecular complexity index is 213. The van der Waals surface area contributed by atoms with Gasteiger partial charge in [0.2, 0.25) is 0 Å². The molecule has 0 aromatic heterocycles. The Hall–Kier alpha value is -0.640. The maximum Gasteiger partial charge on any atom is 0.137 e. The first kappa shape index (κ1) is 15.4. The van der Waals surface area contributed by atoms with Crippen molar-refractivity contribution in [2.45, 2.75) is 25.5 Å². The molecule has 16 heavy (non-hydrogen) atoms. The van der Waals surface area contributed by atoms with Crippen LogP contribution in [-0.4, -0.2) is 50.2 Å². The highest BCUT2D eigenvalue weighted by Gasteiger charge is 2.04. The number of aliphatic hydroxyl groups is 1. The van der Waals surface area contributed by atoms with Gasteiger partial charge >= 0.3 is 0 Å². The minimum Gasteiger partial charge on any atom is -0.380 e. The van der Waals surface area contributed by atoms with Crippen molar-refractivity contribution in [1.82, 2.24) is 0 Å². The molecule has 0 saturated heterocycles. The van der Waals surface area contributed by atoms with E-state index in [9.17, 15) is 5.11 Å². The summed E-state index contributed by atoms with van der Waals surface area (Å²) in [6.45, 7) is 3.87. The van der Waals surface area contributed by atoms with E-state index >= 15 is 0 Å². The molecule has 0 radical (unpaired) electrons. The van der Waals surface area contributed by atoms with Gasteiger partial charge in [-0.25, -0.2) is 0 Å². The largest absolute Gasteiger partial charge is 0.380 e. The lowest BCUT2D eigenvalue weighted by atomic mass is 10.3. The first-order valence-electron chi connectivity index (χ1n) is 5.42. The standard InChI is InChI=1S/C11H22N2O3/c1-2-4-11(14)9-16-8-10(13)7-15-6-3-5-12/h10-11,14H,3,5-9,12-13H2,1H3. The molecule has 0 saturated carbocycles. The zero-order valence-electron chi connectivity index (χ0n) is 9.82. The number of aliphatic hydroxyl groups excluding tert-OH is 1. The fourth-order valence-corrected chi connectivity index (χ4v) is 1.01. The van der Waals surface area contributed by atoms with Gasteiger partial charge in [-0.15, -0.1) is 5.92 Å². The molecule has 2 unspecified atom stereocenters. The van der Waals surface area contributed by atoms with Crippen LogP contribution >= 0.6 is 0 Å². The molecule has 0 aromatic carbocycles. The summed E-state index contributed by atoms with van der Waals surface area (Å²) in [5.74, 6) is 5.18. The van der Waals surface area contributed by atoms with Gasteiger partial charge in [-0.05, 0) is 19.9 Å². The van der Waals surface area contributed by atoms with Crippen LogP contribution in [0.4, 0.5) is 0 Å². The van der Waals surface area contributed by atoms with Crippen LogP contribution in [0, 0.1) is 11.8 Å². The van der Waals surface area contributed by atoms with E-state index in [-0.39, 0.29) is 12.6 Å². The molecule has 2 atom stereocenters. The van der Waals surface area contributed by atoms with Crippen molar-refractivity contribution in [3.8, 4) is 11.8 Å². The van der Waals surface area contributed by atoms with Gasteiger partial charge in [-0.2, -0.15) is 0 Å². The van der Waals surface area contributed by atoms with Gasteiger partial charge in [0.25, 0.3) is 0 Å². The second-order valence-electron chi connectivity index (χ2n) is 3.42. The lowest BCUT2D eigenvalue weighted by Gasteiger charge is -2.13. The van der Waals surface area contributed by atoms with Gasteiger partial charge < -0.3 is 26.0 Å². The lowest BCUT2D eigenvalue weighted by molar-refractivity contribution is 0.0350. The molecule has 5 nitrogen and oxygen atoms in total. The number of hydrogen-bond acceptors (Lipinski definition) is 5. The van der Waals surface area contributed by atoms with Crippen molar-refractivity contribution in [3.63, 3.8) is 0 Å². The van der Waals surface area contributed by atoms with E-state index in [1.807, 2.05) is 0 Å². The third kappa shape index (κ3) is 9.90. The van der Waals surface area contributed by atoms with Crippen molar-refractivity contribution < 1.29 is 14.6 Å². The fraction of sp³-hybridized carbons (Fsp3) is 0.818. The van der Waals surface area contributed by atoms with Gasteiger partial charge in [0, 0.05) is 6.61 Å². The second-order valence-corrected chi connectivity index (χ2v) is 3.42. The van der Waals surface area contributed by atoms with Crippen molar-refractivity contribution in [2.24, 2.45) is 11.5 Å². The summed E-state index contributed by atoms with van der Waals surface area (Å²) in [5, 5.41) is 9.22. The molecule has 5 N–H and O–H groups in total. The normalized spacial score (nSPS) is 14.0. The highest BCUT2D eigenvalue weighted by atomic mass is 16.5. The summed E-state index contributed by atoms with van der Waals surface area (Å²) >= 11 is 0. The zero-order chi connectivity index (χ0) is 12.2. The molecule has 0 heterocycles. The smallest absolute Gasteiger partial charge is 0.137 e. The van der Waals surface area contributed by atoms with Gasteiger partial charge in [-0.3, -0.25) is 0 Å². The molecule has 0 rings (SSSR count). The van der Waals surface area contributed by atoms with Crippen molar-refractivity contribution in [3.05, 3.63) is 0 Å². The third-order valence-electron chi connectivity index (χ3n) is 1.74. The second kappa shape index (κ2) is 10.9. The molecule has 0 aromatic rings. The average Bonchev–Trinajstić information content (AvgIpc) is 2.25. The van der Waals surface area contributed by atoms with Crippen LogP contribution in [0.15, 0.2) is 0 Å². The summed E-state index contributed by atoms with van der Waals surface area (Å²) in [6.07, 6.45) is 0.0913. The molecule has 0 spiro atoms. The highest BCUT2D eigenvalue weighted by molar-refractivity contribution is 5.01. The van der Waals surface area contributed by atoms with E-state index in [0.717, 1.165) is 6.42 Å². The monoisotopic (exact) mass is 230 g/mol. The topological polar surface area (TPSA) is 90.7 Å². The molecule has 0 amide bonds. The molecule has 0 aliphatic rings. The van der Waals surface area contributed by atoms with E-state index in [4.69, 9.17) is 20.9 Å². The number of ether oxygens (including phenoxy) is 2. The van der Waals surface area contributed by atoms with E-state index in [1.54, 1.807) is 6.92 Å². The van der Waals surface area contributed by atoms with Crippen LogP contribution in [-0.2, 0) is 9.47 Å². The van der Waals surface area contributed by atoms with E-state index in [0.29, 0.717) is 26.4 Å². The Morgan fingerprint density at radius 1 is 1.25 bits per heavy atom. The van der Waals surface area contributed by atoms with Crippen LogP contribution in [0.3, 0.4) is 0 Å². The molecule has 0 aliphatic carbocycles. The fourth-order valence-electron chi connectivity index (χ4n) is 1.01. The Morgan fingerprint density at radius 2 is 1.94 bits per heavy atom. The lowest BCUT2D eigenvalue weighted by Crippen LogP contribution is -2.33. The predicted octanol–water partition coefficient (Wildman–Crippen LogP) is -0.920. The Morgan fingerprint density at radius 3 is 2.56 bits per heavy atom. The van der Waals surface area contributed by atoms with Crippen LogP contribution in [0.5, 0.6) is 0 Å². The van der Waals surface area contributed by atoms with Crippen LogP contribution in [0.2, 0.25) is 0 Å². The maximum absolute atomic E-state index is 9.22. The summed E-state index contributed by atoms with van der Waals surface area (Å²) < 4.78 is 10.4. The van der Waals surface area contributed by atoms with Crippen molar-refractivity contribution in [2.75, 3.05) is 33.0 Å². The first-order chi connectivity index (χ1) is 7.70. The summed E-state index contributed by atoms with van der Waals surface area (Å²) in [7, 11) is 0. The SMILES string of the molecule is CC#CC(O)COCC(N)COCCCN. The van der Waals surface area contributed by atoms with Crippen molar-refractivity contribution in [1.29, 1.82) is 0 Å². The Labute approximate surface area is 97.1 Å². The van der Waals surface area contributed by atoms with E-state index < -0.39 is 6.10 Å². The van der Waals surface area contributed by atoms with Crippen LogP contribution in [0.25, 0.3) is 0 Å². The van der Waals surface area contributed by atoms with Crippen molar-refractivity contribution >= 4 is 0 Å². The highest BCUT2D eigenvalue weighted by Crippen LogP contribution is 1.89. The summed E-state index contributed by atoms with van der Waals surface area (Å²) in [6, 6.07) is -0.181. The average molecular weight is 230 g/mol. The molecule has 0 fully saturated rings. The molecule has 0 aliphatic heterocycles. The third-order valence-corrected chi connectivity index (χ3v) is 1.74. The predicted molar refractivity (Wildman–Crippen MR) is 62.7 cm³/mol. The zero-order valence-corrected chi connectivity index (χ0v) is 9.82. The van der Waals surface area contributed by atoms with E-state index in [1.165, 1.54) is 0 Å². The number of hydrogen-bond donors (Lipinski definition) is 3. The number of rotatable bonds is 9. The Kier molecular flexibility index (Phi) is 10.4. The van der Waals surface area contributed by atoms with Gasteiger partial charge in [0.15, 0.2) is 0 Å². The van der Waals surface area contributed by atoms with Crippen LogP contribution < -0.4 is 11.5 Å². The molecular weight excluding hydrogens is 208 g/mol. The molecule has 94 valence electrons. The summed E-state index contributed by atoms with van der Waals surface area (Å²) in [4.78, 5) is 0. The molecule has 0 bridgehead atoms.